The Hall–Kier alpha value is -1.82. The van der Waals surface area contributed by atoms with Gasteiger partial charge in [0.15, 0.2) is 5.69 Å². The van der Waals surface area contributed by atoms with Crippen molar-refractivity contribution in [2.45, 2.75) is 38.7 Å². The topological polar surface area (TPSA) is 24.6 Å². The second kappa shape index (κ2) is 8.72. The van der Waals surface area contributed by atoms with Crippen LogP contribution in [0.5, 0.6) is 0 Å². The average Bonchev–Trinajstić information content (AvgIpc) is 2.59. The van der Waals surface area contributed by atoms with E-state index in [9.17, 15) is 5.11 Å². The standard InChI is InChI=1S/C20H22ClNO/c1-3-4-6-16(13-15-9-11-18(21)12-10-15)20(23)17-7-5-8-19(14-17)22-2/h5,7-12,14,16,20,23H,3-4,6,13H2,1H3. The van der Waals surface area contributed by atoms with E-state index >= 15 is 0 Å². The Labute approximate surface area is 143 Å². The number of hydrogen-bond donors (Lipinski definition) is 1. The molecule has 2 nitrogen and oxygen atoms in total. The van der Waals surface area contributed by atoms with E-state index in [1.54, 1.807) is 12.1 Å². The zero-order chi connectivity index (χ0) is 16.7. The van der Waals surface area contributed by atoms with Crippen molar-refractivity contribution in [3.05, 3.63) is 76.1 Å². The van der Waals surface area contributed by atoms with Crippen molar-refractivity contribution >= 4 is 17.3 Å². The highest BCUT2D eigenvalue weighted by atomic mass is 35.5. The van der Waals surface area contributed by atoms with Gasteiger partial charge in [-0.05, 0) is 42.0 Å². The monoisotopic (exact) mass is 327 g/mol. The summed E-state index contributed by atoms with van der Waals surface area (Å²) in [7, 11) is 0. The summed E-state index contributed by atoms with van der Waals surface area (Å²) in [5, 5.41) is 11.5. The Bertz CT molecular complexity index is 660. The third kappa shape index (κ3) is 5.10. The highest BCUT2D eigenvalue weighted by Crippen LogP contribution is 2.31. The van der Waals surface area contributed by atoms with Gasteiger partial charge in [-0.3, -0.25) is 0 Å². The molecular weight excluding hydrogens is 306 g/mol. The fraction of sp³-hybridized carbons (Fsp3) is 0.350. The molecule has 0 radical (unpaired) electrons. The lowest BCUT2D eigenvalue weighted by Gasteiger charge is -2.24. The first-order chi connectivity index (χ1) is 11.1. The second-order valence-corrected chi connectivity index (χ2v) is 6.32. The van der Waals surface area contributed by atoms with Crippen molar-refractivity contribution in [1.29, 1.82) is 0 Å². The van der Waals surface area contributed by atoms with Crippen LogP contribution >= 0.6 is 11.6 Å². The molecule has 0 heterocycles. The molecule has 23 heavy (non-hydrogen) atoms. The number of aliphatic hydroxyl groups is 1. The first kappa shape index (κ1) is 17.5. The van der Waals surface area contributed by atoms with Crippen LogP contribution in [0.1, 0.15) is 43.4 Å². The van der Waals surface area contributed by atoms with Crippen LogP contribution in [0.25, 0.3) is 4.85 Å². The van der Waals surface area contributed by atoms with E-state index in [2.05, 4.69) is 11.8 Å². The molecule has 2 unspecified atom stereocenters. The highest BCUT2D eigenvalue weighted by molar-refractivity contribution is 6.30. The Morgan fingerprint density at radius 2 is 1.91 bits per heavy atom. The maximum atomic E-state index is 10.8. The minimum atomic E-state index is -0.557. The molecule has 0 aromatic heterocycles. The third-order valence-corrected chi connectivity index (χ3v) is 4.38. The van der Waals surface area contributed by atoms with E-state index in [0.717, 1.165) is 36.3 Å². The van der Waals surface area contributed by atoms with Crippen LogP contribution in [0.4, 0.5) is 5.69 Å². The molecule has 2 aromatic carbocycles. The van der Waals surface area contributed by atoms with E-state index in [0.29, 0.717) is 5.69 Å². The van der Waals surface area contributed by atoms with Gasteiger partial charge in [-0.2, -0.15) is 0 Å². The van der Waals surface area contributed by atoms with Crippen molar-refractivity contribution in [2.75, 3.05) is 0 Å². The summed E-state index contributed by atoms with van der Waals surface area (Å²) in [6.45, 7) is 9.29. The zero-order valence-corrected chi connectivity index (χ0v) is 14.1. The smallest absolute Gasteiger partial charge is 0.187 e. The molecule has 0 aliphatic heterocycles. The van der Waals surface area contributed by atoms with Crippen LogP contribution in [-0.2, 0) is 6.42 Å². The van der Waals surface area contributed by atoms with E-state index < -0.39 is 6.10 Å². The quantitative estimate of drug-likeness (QED) is 0.622. The van der Waals surface area contributed by atoms with Gasteiger partial charge in [0, 0.05) is 5.02 Å². The van der Waals surface area contributed by atoms with Gasteiger partial charge in [0.1, 0.15) is 0 Å². The maximum absolute atomic E-state index is 10.8. The van der Waals surface area contributed by atoms with E-state index in [4.69, 9.17) is 18.2 Å². The van der Waals surface area contributed by atoms with Crippen LogP contribution in [0.3, 0.4) is 0 Å². The molecule has 1 N–H and O–H groups in total. The fourth-order valence-corrected chi connectivity index (χ4v) is 2.94. The summed E-state index contributed by atoms with van der Waals surface area (Å²) >= 11 is 5.95. The summed E-state index contributed by atoms with van der Waals surface area (Å²) in [4.78, 5) is 3.45. The van der Waals surface area contributed by atoms with Gasteiger partial charge >= 0.3 is 0 Å². The van der Waals surface area contributed by atoms with Gasteiger partial charge in [0.25, 0.3) is 0 Å². The molecule has 2 aromatic rings. The molecule has 0 saturated carbocycles. The maximum Gasteiger partial charge on any atom is 0.187 e. The van der Waals surface area contributed by atoms with E-state index in [1.807, 2.05) is 36.4 Å². The number of rotatable bonds is 7. The SMILES string of the molecule is [C-]#[N+]c1cccc(C(O)C(CCCC)Cc2ccc(Cl)cc2)c1. The van der Waals surface area contributed by atoms with Crippen molar-refractivity contribution in [3.63, 3.8) is 0 Å². The molecule has 2 rings (SSSR count). The summed E-state index contributed by atoms with van der Waals surface area (Å²) < 4.78 is 0. The number of halogens is 1. The van der Waals surface area contributed by atoms with Crippen LogP contribution in [0, 0.1) is 12.5 Å². The van der Waals surface area contributed by atoms with Gasteiger partial charge in [-0.1, -0.05) is 67.8 Å². The van der Waals surface area contributed by atoms with Crippen LogP contribution < -0.4 is 0 Å². The average molecular weight is 328 g/mol. The van der Waals surface area contributed by atoms with Crippen LogP contribution in [-0.4, -0.2) is 5.11 Å². The molecule has 0 aliphatic rings. The summed E-state index contributed by atoms with van der Waals surface area (Å²) in [5.41, 5.74) is 2.58. The predicted octanol–water partition coefficient (Wildman–Crippen LogP) is 5.97. The minimum absolute atomic E-state index is 0.136. The number of unbranched alkanes of at least 4 members (excludes halogenated alkanes) is 1. The Kier molecular flexibility index (Phi) is 6.65. The Morgan fingerprint density at radius 1 is 1.17 bits per heavy atom. The molecule has 0 spiro atoms. The number of benzene rings is 2. The van der Waals surface area contributed by atoms with Crippen LogP contribution in [0.15, 0.2) is 48.5 Å². The van der Waals surface area contributed by atoms with Crippen molar-refractivity contribution < 1.29 is 5.11 Å². The molecule has 0 fully saturated rings. The summed E-state index contributed by atoms with van der Waals surface area (Å²) in [6.07, 6.45) is 3.39. The zero-order valence-electron chi connectivity index (χ0n) is 13.4. The van der Waals surface area contributed by atoms with Crippen molar-refractivity contribution in [1.82, 2.24) is 0 Å². The Morgan fingerprint density at radius 3 is 2.57 bits per heavy atom. The predicted molar refractivity (Wildman–Crippen MR) is 95.8 cm³/mol. The minimum Gasteiger partial charge on any atom is -0.388 e. The lowest BCUT2D eigenvalue weighted by atomic mass is 9.86. The highest BCUT2D eigenvalue weighted by Gasteiger charge is 2.21. The number of hydrogen-bond acceptors (Lipinski definition) is 1. The molecule has 2 atom stereocenters. The molecular formula is C20H22ClNO. The summed E-state index contributed by atoms with van der Waals surface area (Å²) in [6, 6.07) is 15.1. The van der Waals surface area contributed by atoms with Gasteiger partial charge in [0.2, 0.25) is 0 Å². The largest absolute Gasteiger partial charge is 0.388 e. The Balaban J connectivity index is 2.18. The third-order valence-electron chi connectivity index (χ3n) is 4.13. The van der Waals surface area contributed by atoms with Gasteiger partial charge < -0.3 is 5.11 Å². The number of nitrogens with zero attached hydrogens (tertiary/aromatic N) is 1. The van der Waals surface area contributed by atoms with Gasteiger partial charge in [-0.25, -0.2) is 4.85 Å². The molecule has 0 aliphatic carbocycles. The van der Waals surface area contributed by atoms with Crippen LogP contribution in [0.2, 0.25) is 5.02 Å². The van der Waals surface area contributed by atoms with Gasteiger partial charge in [0.05, 0.1) is 12.7 Å². The normalized spacial score (nSPS) is 13.3. The molecule has 0 saturated heterocycles. The second-order valence-electron chi connectivity index (χ2n) is 5.88. The van der Waals surface area contributed by atoms with E-state index in [1.165, 1.54) is 5.56 Å². The summed E-state index contributed by atoms with van der Waals surface area (Å²) in [5.74, 6) is 0.136. The first-order valence-corrected chi connectivity index (χ1v) is 8.41. The van der Waals surface area contributed by atoms with Gasteiger partial charge in [-0.15, -0.1) is 0 Å². The molecule has 0 bridgehead atoms. The molecule has 120 valence electrons. The molecule has 0 amide bonds. The van der Waals surface area contributed by atoms with E-state index in [-0.39, 0.29) is 5.92 Å². The van der Waals surface area contributed by atoms with Crippen molar-refractivity contribution in [2.24, 2.45) is 5.92 Å². The van der Waals surface area contributed by atoms with Crippen molar-refractivity contribution in [3.8, 4) is 0 Å². The first-order valence-electron chi connectivity index (χ1n) is 8.04. The fourth-order valence-electron chi connectivity index (χ4n) is 2.81. The lowest BCUT2D eigenvalue weighted by molar-refractivity contribution is 0.101. The molecule has 3 heteroatoms. The number of aliphatic hydroxyl groups excluding tert-OH is 1. The lowest BCUT2D eigenvalue weighted by Crippen LogP contribution is -2.15.